The van der Waals surface area contributed by atoms with Crippen molar-refractivity contribution in [3.63, 3.8) is 0 Å². The zero-order chi connectivity index (χ0) is 10.7. The van der Waals surface area contributed by atoms with Crippen LogP contribution in [-0.2, 0) is 9.53 Å². The Morgan fingerprint density at radius 1 is 1.47 bits per heavy atom. The van der Waals surface area contributed by atoms with Crippen LogP contribution in [0.5, 0.6) is 11.5 Å². The molecule has 0 aliphatic carbocycles. The maximum Gasteiger partial charge on any atom is 0.309 e. The zero-order valence-corrected chi connectivity index (χ0v) is 8.43. The van der Waals surface area contributed by atoms with Gasteiger partial charge in [0, 0.05) is 0 Å². The van der Waals surface area contributed by atoms with E-state index in [0.717, 1.165) is 5.75 Å². The van der Waals surface area contributed by atoms with E-state index >= 15 is 0 Å². The summed E-state index contributed by atoms with van der Waals surface area (Å²) in [6.07, 6.45) is -0.0440. The molecule has 0 amide bonds. The van der Waals surface area contributed by atoms with Crippen LogP contribution in [0.15, 0.2) is 24.3 Å². The molecule has 1 aliphatic heterocycles. The van der Waals surface area contributed by atoms with Gasteiger partial charge in [-0.1, -0.05) is 12.1 Å². The maximum absolute atomic E-state index is 11.0. The average Bonchev–Trinajstić information content (AvgIpc) is 2.29. The topological polar surface area (TPSA) is 44.8 Å². The fraction of sp³-hybridized carbons (Fsp3) is 0.364. The van der Waals surface area contributed by atoms with Gasteiger partial charge in [-0.2, -0.15) is 0 Å². The summed E-state index contributed by atoms with van der Waals surface area (Å²) in [6, 6.07) is 7.40. The Bertz CT molecular complexity index is 361. The molecule has 15 heavy (non-hydrogen) atoms. The number of para-hydroxylation sites is 2. The molecule has 1 aliphatic rings. The highest BCUT2D eigenvalue weighted by atomic mass is 16.6. The lowest BCUT2D eigenvalue weighted by Crippen LogP contribution is -2.31. The second-order valence-electron chi connectivity index (χ2n) is 3.28. The Morgan fingerprint density at radius 3 is 2.93 bits per heavy atom. The first-order valence-electron chi connectivity index (χ1n) is 4.75. The monoisotopic (exact) mass is 208 g/mol. The third-order valence-electron chi connectivity index (χ3n) is 2.19. The van der Waals surface area contributed by atoms with Crippen LogP contribution in [0.2, 0.25) is 0 Å². The molecule has 1 unspecified atom stereocenters. The largest absolute Gasteiger partial charge is 0.486 e. The van der Waals surface area contributed by atoms with E-state index in [-0.39, 0.29) is 18.5 Å². The summed E-state index contributed by atoms with van der Waals surface area (Å²) in [5, 5.41) is 0. The van der Waals surface area contributed by atoms with Crippen LogP contribution >= 0.6 is 0 Å². The van der Waals surface area contributed by atoms with Crippen LogP contribution in [0, 0.1) is 0 Å². The summed E-state index contributed by atoms with van der Waals surface area (Å²) < 4.78 is 15.6. The number of hydrogen-bond donors (Lipinski definition) is 0. The first kappa shape index (κ1) is 9.83. The van der Waals surface area contributed by atoms with Crippen LogP contribution in [0.25, 0.3) is 0 Å². The van der Waals surface area contributed by atoms with Crippen LogP contribution < -0.4 is 9.47 Å². The van der Waals surface area contributed by atoms with Crippen molar-refractivity contribution in [3.8, 4) is 11.5 Å². The van der Waals surface area contributed by atoms with E-state index in [1.165, 1.54) is 7.11 Å². The van der Waals surface area contributed by atoms with Gasteiger partial charge >= 0.3 is 5.97 Å². The van der Waals surface area contributed by atoms with E-state index in [4.69, 9.17) is 9.47 Å². The number of carbonyl (C=O) groups excluding carboxylic acids is 1. The average molecular weight is 208 g/mol. The summed E-state index contributed by atoms with van der Waals surface area (Å²) in [7, 11) is 1.36. The van der Waals surface area contributed by atoms with Gasteiger partial charge in [-0.3, -0.25) is 4.79 Å². The first-order chi connectivity index (χ1) is 7.29. The summed E-state index contributed by atoms with van der Waals surface area (Å²) >= 11 is 0. The van der Waals surface area contributed by atoms with E-state index in [2.05, 4.69) is 4.74 Å². The van der Waals surface area contributed by atoms with Crippen molar-refractivity contribution in [3.05, 3.63) is 24.3 Å². The molecule has 2 rings (SSSR count). The number of ether oxygens (including phenoxy) is 3. The fourth-order valence-corrected chi connectivity index (χ4v) is 1.43. The molecule has 1 aromatic rings. The van der Waals surface area contributed by atoms with Crippen LogP contribution in [-0.4, -0.2) is 25.8 Å². The van der Waals surface area contributed by atoms with E-state index < -0.39 is 0 Å². The molecule has 4 heteroatoms. The maximum atomic E-state index is 11.0. The van der Waals surface area contributed by atoms with Gasteiger partial charge in [-0.05, 0) is 12.1 Å². The molecular weight excluding hydrogens is 196 g/mol. The summed E-state index contributed by atoms with van der Waals surface area (Å²) in [5.74, 6) is 1.11. The SMILES string of the molecule is COC(=O)CC1COc2ccccc2O1. The summed E-state index contributed by atoms with van der Waals surface area (Å²) in [5.41, 5.74) is 0. The third-order valence-corrected chi connectivity index (χ3v) is 2.19. The van der Waals surface area contributed by atoms with E-state index in [0.29, 0.717) is 12.4 Å². The minimum atomic E-state index is -0.289. The Hall–Kier alpha value is -1.71. The van der Waals surface area contributed by atoms with Crippen molar-refractivity contribution in [2.75, 3.05) is 13.7 Å². The van der Waals surface area contributed by atoms with Crippen molar-refractivity contribution in [1.29, 1.82) is 0 Å². The van der Waals surface area contributed by atoms with Crippen LogP contribution in [0.4, 0.5) is 0 Å². The molecule has 0 saturated carbocycles. The van der Waals surface area contributed by atoms with Crippen molar-refractivity contribution >= 4 is 5.97 Å². The molecule has 1 atom stereocenters. The predicted molar refractivity (Wildman–Crippen MR) is 53.0 cm³/mol. The molecule has 4 nitrogen and oxygen atoms in total. The molecule has 1 heterocycles. The number of methoxy groups -OCH3 is 1. The standard InChI is InChI=1S/C11H12O4/c1-13-11(12)6-8-7-14-9-4-2-3-5-10(9)15-8/h2-5,8H,6-7H2,1H3. The lowest BCUT2D eigenvalue weighted by molar-refractivity contribution is -0.143. The third kappa shape index (κ3) is 2.21. The van der Waals surface area contributed by atoms with Crippen molar-refractivity contribution in [2.24, 2.45) is 0 Å². The van der Waals surface area contributed by atoms with Crippen LogP contribution in [0.1, 0.15) is 6.42 Å². The minimum Gasteiger partial charge on any atom is -0.486 e. The van der Waals surface area contributed by atoms with Crippen molar-refractivity contribution in [1.82, 2.24) is 0 Å². The highest BCUT2D eigenvalue weighted by molar-refractivity contribution is 5.69. The van der Waals surface area contributed by atoms with Gasteiger partial charge in [0.05, 0.1) is 13.5 Å². The minimum absolute atomic E-state index is 0.213. The van der Waals surface area contributed by atoms with E-state index in [1.54, 1.807) is 0 Å². The molecular formula is C11H12O4. The van der Waals surface area contributed by atoms with Crippen molar-refractivity contribution < 1.29 is 19.0 Å². The molecule has 80 valence electrons. The molecule has 0 saturated heterocycles. The normalized spacial score (nSPS) is 18.3. The molecule has 0 radical (unpaired) electrons. The van der Waals surface area contributed by atoms with Crippen molar-refractivity contribution in [2.45, 2.75) is 12.5 Å². The Kier molecular flexibility index (Phi) is 2.76. The summed E-state index contributed by atoms with van der Waals surface area (Å²) in [4.78, 5) is 11.0. The molecule has 1 aromatic carbocycles. The van der Waals surface area contributed by atoms with Gasteiger partial charge in [0.25, 0.3) is 0 Å². The smallest absolute Gasteiger partial charge is 0.309 e. The van der Waals surface area contributed by atoms with Gasteiger partial charge in [0.2, 0.25) is 0 Å². The van der Waals surface area contributed by atoms with E-state index in [1.807, 2.05) is 24.3 Å². The molecule has 0 N–H and O–H groups in total. The lowest BCUT2D eigenvalue weighted by atomic mass is 10.2. The Labute approximate surface area is 87.8 Å². The number of benzene rings is 1. The second kappa shape index (κ2) is 4.21. The van der Waals surface area contributed by atoms with Gasteiger partial charge in [0.15, 0.2) is 11.5 Å². The number of rotatable bonds is 2. The summed E-state index contributed by atoms with van der Waals surface area (Å²) in [6.45, 7) is 0.381. The zero-order valence-electron chi connectivity index (χ0n) is 8.43. The first-order valence-corrected chi connectivity index (χ1v) is 4.75. The molecule has 0 aromatic heterocycles. The number of fused-ring (bicyclic) bond motifs is 1. The second-order valence-corrected chi connectivity index (χ2v) is 3.28. The highest BCUT2D eigenvalue weighted by Gasteiger charge is 2.23. The Balaban J connectivity index is 2.02. The van der Waals surface area contributed by atoms with Gasteiger partial charge in [0.1, 0.15) is 12.7 Å². The molecule has 0 spiro atoms. The quantitative estimate of drug-likeness (QED) is 0.689. The van der Waals surface area contributed by atoms with Gasteiger partial charge in [-0.25, -0.2) is 0 Å². The number of carbonyl (C=O) groups is 1. The highest BCUT2D eigenvalue weighted by Crippen LogP contribution is 2.31. The number of esters is 1. The molecule has 0 fully saturated rings. The van der Waals surface area contributed by atoms with Crippen LogP contribution in [0.3, 0.4) is 0 Å². The fourth-order valence-electron chi connectivity index (χ4n) is 1.43. The predicted octanol–water partition coefficient (Wildman–Crippen LogP) is 1.39. The lowest BCUT2D eigenvalue weighted by Gasteiger charge is -2.25. The number of hydrogen-bond acceptors (Lipinski definition) is 4. The Morgan fingerprint density at radius 2 is 2.20 bits per heavy atom. The van der Waals surface area contributed by atoms with Gasteiger partial charge < -0.3 is 14.2 Å². The van der Waals surface area contributed by atoms with Gasteiger partial charge in [-0.15, -0.1) is 0 Å². The molecule has 0 bridgehead atoms. The van der Waals surface area contributed by atoms with E-state index in [9.17, 15) is 4.79 Å².